The van der Waals surface area contributed by atoms with Crippen molar-refractivity contribution in [2.75, 3.05) is 18.0 Å². The van der Waals surface area contributed by atoms with Crippen LogP contribution in [0.3, 0.4) is 0 Å². The molecule has 1 saturated heterocycles. The van der Waals surface area contributed by atoms with Gasteiger partial charge in [-0.3, -0.25) is 0 Å². The minimum Gasteiger partial charge on any atom is -0.353 e. The van der Waals surface area contributed by atoms with Crippen LogP contribution < -0.4 is 4.90 Å². The lowest BCUT2D eigenvalue weighted by molar-refractivity contribution is 0.445. The molecule has 1 aliphatic rings. The van der Waals surface area contributed by atoms with E-state index in [9.17, 15) is 0 Å². The molecule has 0 bridgehead atoms. The minimum absolute atomic E-state index is 0.555. The van der Waals surface area contributed by atoms with E-state index in [-0.39, 0.29) is 0 Å². The molecule has 0 spiro atoms. The summed E-state index contributed by atoms with van der Waals surface area (Å²) in [5, 5.41) is 0.555. The molecule has 0 radical (unpaired) electrons. The van der Waals surface area contributed by atoms with Crippen LogP contribution in [0.2, 0.25) is 5.15 Å². The van der Waals surface area contributed by atoms with Crippen molar-refractivity contribution < 1.29 is 0 Å². The predicted octanol–water partition coefficient (Wildman–Crippen LogP) is 2.43. The van der Waals surface area contributed by atoms with Gasteiger partial charge >= 0.3 is 0 Å². The van der Waals surface area contributed by atoms with Crippen LogP contribution in [-0.2, 0) is 0 Å². The molecule has 5 heteroatoms. The second-order valence-corrected chi connectivity index (χ2v) is 4.46. The number of piperidine rings is 1. The van der Waals surface area contributed by atoms with Crippen molar-refractivity contribution in [2.45, 2.75) is 19.8 Å². The van der Waals surface area contributed by atoms with Gasteiger partial charge in [0.1, 0.15) is 0 Å². The van der Waals surface area contributed by atoms with Gasteiger partial charge in [-0.2, -0.15) is 8.75 Å². The molecular weight excluding hydrogens is 206 g/mol. The van der Waals surface area contributed by atoms with Crippen molar-refractivity contribution in [3.63, 3.8) is 0 Å². The Hall–Kier alpha value is -0.350. The van der Waals surface area contributed by atoms with Gasteiger partial charge in [-0.05, 0) is 18.8 Å². The Morgan fingerprint density at radius 1 is 1.54 bits per heavy atom. The SMILES string of the molecule is C[C@H]1CCCN(c2nsnc2Cl)C1. The molecule has 0 N–H and O–H groups in total. The van der Waals surface area contributed by atoms with E-state index >= 15 is 0 Å². The van der Waals surface area contributed by atoms with E-state index in [0.717, 1.165) is 24.8 Å². The van der Waals surface area contributed by atoms with Crippen LogP contribution in [0.4, 0.5) is 5.82 Å². The topological polar surface area (TPSA) is 29.0 Å². The number of anilines is 1. The molecule has 13 heavy (non-hydrogen) atoms. The zero-order valence-corrected chi connectivity index (χ0v) is 9.11. The summed E-state index contributed by atoms with van der Waals surface area (Å²) < 4.78 is 8.17. The van der Waals surface area contributed by atoms with Gasteiger partial charge in [-0.25, -0.2) is 0 Å². The van der Waals surface area contributed by atoms with Crippen LogP contribution >= 0.6 is 23.3 Å². The van der Waals surface area contributed by atoms with Crippen molar-refractivity contribution in [3.8, 4) is 0 Å². The van der Waals surface area contributed by atoms with Gasteiger partial charge in [0.2, 0.25) is 0 Å². The van der Waals surface area contributed by atoms with Crippen LogP contribution in [0, 0.1) is 5.92 Å². The van der Waals surface area contributed by atoms with Crippen LogP contribution in [0.1, 0.15) is 19.8 Å². The molecule has 72 valence electrons. The van der Waals surface area contributed by atoms with Crippen LogP contribution in [0.25, 0.3) is 0 Å². The summed E-state index contributed by atoms with van der Waals surface area (Å²) in [5.74, 6) is 1.62. The quantitative estimate of drug-likeness (QED) is 0.724. The molecule has 0 saturated carbocycles. The molecule has 3 nitrogen and oxygen atoms in total. The summed E-state index contributed by atoms with van der Waals surface area (Å²) >= 11 is 7.10. The number of hydrogen-bond acceptors (Lipinski definition) is 4. The predicted molar refractivity (Wildman–Crippen MR) is 55.5 cm³/mol. The highest BCUT2D eigenvalue weighted by Gasteiger charge is 2.20. The van der Waals surface area contributed by atoms with Crippen molar-refractivity contribution in [1.82, 2.24) is 8.75 Å². The standard InChI is InChI=1S/C8H12ClN3S/c1-6-3-2-4-12(5-6)8-7(9)10-13-11-8/h6H,2-5H2,1H3/t6-/m0/s1. The largest absolute Gasteiger partial charge is 0.353 e. The fourth-order valence-corrected chi connectivity index (χ4v) is 2.52. The molecule has 2 rings (SSSR count). The number of nitrogens with zero attached hydrogens (tertiary/aromatic N) is 3. The zero-order chi connectivity index (χ0) is 9.26. The van der Waals surface area contributed by atoms with E-state index in [1.54, 1.807) is 0 Å². The first-order valence-electron chi connectivity index (χ1n) is 4.50. The first-order valence-corrected chi connectivity index (χ1v) is 5.61. The lowest BCUT2D eigenvalue weighted by Crippen LogP contribution is -2.34. The number of halogens is 1. The normalized spacial score (nSPS) is 23.5. The lowest BCUT2D eigenvalue weighted by atomic mass is 10.0. The van der Waals surface area contributed by atoms with Gasteiger partial charge in [-0.1, -0.05) is 18.5 Å². The molecule has 0 aromatic carbocycles. The van der Waals surface area contributed by atoms with Crippen molar-refractivity contribution in [2.24, 2.45) is 5.92 Å². The molecular formula is C8H12ClN3S. The van der Waals surface area contributed by atoms with Gasteiger partial charge in [0.05, 0.1) is 11.7 Å². The van der Waals surface area contributed by atoms with Crippen molar-refractivity contribution >= 4 is 29.1 Å². The molecule has 1 fully saturated rings. The van der Waals surface area contributed by atoms with Crippen LogP contribution in [0.5, 0.6) is 0 Å². The highest BCUT2D eigenvalue weighted by molar-refractivity contribution is 6.99. The van der Waals surface area contributed by atoms with Gasteiger partial charge < -0.3 is 4.90 Å². The first kappa shape index (κ1) is 9.21. The average molecular weight is 218 g/mol. The van der Waals surface area contributed by atoms with Crippen LogP contribution in [-0.4, -0.2) is 21.8 Å². The van der Waals surface area contributed by atoms with E-state index in [1.807, 2.05) is 0 Å². The highest BCUT2D eigenvalue weighted by atomic mass is 35.5. The zero-order valence-electron chi connectivity index (χ0n) is 7.53. The van der Waals surface area contributed by atoms with Gasteiger partial charge in [-0.15, -0.1) is 0 Å². The smallest absolute Gasteiger partial charge is 0.187 e. The van der Waals surface area contributed by atoms with E-state index in [4.69, 9.17) is 11.6 Å². The lowest BCUT2D eigenvalue weighted by Gasteiger charge is -2.30. The minimum atomic E-state index is 0.555. The van der Waals surface area contributed by atoms with E-state index < -0.39 is 0 Å². The maximum Gasteiger partial charge on any atom is 0.187 e. The second kappa shape index (κ2) is 3.80. The number of hydrogen-bond donors (Lipinski definition) is 0. The first-order chi connectivity index (χ1) is 6.27. The molecule has 0 amide bonds. The van der Waals surface area contributed by atoms with Gasteiger partial charge in [0.15, 0.2) is 11.0 Å². The van der Waals surface area contributed by atoms with Gasteiger partial charge in [0.25, 0.3) is 0 Å². The Morgan fingerprint density at radius 3 is 3.00 bits per heavy atom. The third kappa shape index (κ3) is 1.94. The monoisotopic (exact) mass is 217 g/mol. The molecule has 2 heterocycles. The Morgan fingerprint density at radius 2 is 2.38 bits per heavy atom. The summed E-state index contributed by atoms with van der Waals surface area (Å²) in [6.45, 7) is 4.39. The van der Waals surface area contributed by atoms with Crippen molar-refractivity contribution in [3.05, 3.63) is 5.15 Å². The fourth-order valence-electron chi connectivity index (χ4n) is 1.74. The Labute approximate surface area is 87.0 Å². The Balaban J connectivity index is 2.12. The maximum atomic E-state index is 5.92. The number of rotatable bonds is 1. The van der Waals surface area contributed by atoms with E-state index in [2.05, 4.69) is 20.6 Å². The molecule has 1 aromatic heterocycles. The third-order valence-corrected chi connectivity index (χ3v) is 3.26. The summed E-state index contributed by atoms with van der Waals surface area (Å²) in [6.07, 6.45) is 2.54. The van der Waals surface area contributed by atoms with Crippen molar-refractivity contribution in [1.29, 1.82) is 0 Å². The summed E-state index contributed by atoms with van der Waals surface area (Å²) in [4.78, 5) is 2.24. The van der Waals surface area contributed by atoms with E-state index in [1.165, 1.54) is 24.6 Å². The summed E-state index contributed by atoms with van der Waals surface area (Å²) in [7, 11) is 0. The fraction of sp³-hybridized carbons (Fsp3) is 0.750. The molecule has 1 aromatic rings. The van der Waals surface area contributed by atoms with Crippen LogP contribution in [0.15, 0.2) is 0 Å². The highest BCUT2D eigenvalue weighted by Crippen LogP contribution is 2.27. The van der Waals surface area contributed by atoms with Gasteiger partial charge in [0, 0.05) is 13.1 Å². The van der Waals surface area contributed by atoms with E-state index in [0.29, 0.717) is 5.15 Å². The Bertz CT molecular complexity index is 289. The maximum absolute atomic E-state index is 5.92. The third-order valence-electron chi connectivity index (χ3n) is 2.39. The number of aromatic nitrogens is 2. The molecule has 1 aliphatic heterocycles. The second-order valence-electron chi connectivity index (χ2n) is 3.57. The summed E-state index contributed by atoms with van der Waals surface area (Å²) in [6, 6.07) is 0. The molecule has 0 aliphatic carbocycles. The average Bonchev–Trinajstić information content (AvgIpc) is 2.51. The summed E-state index contributed by atoms with van der Waals surface area (Å²) in [5.41, 5.74) is 0. The Kier molecular flexibility index (Phi) is 2.69. The molecule has 0 unspecified atom stereocenters. The molecule has 1 atom stereocenters.